The SMILES string of the molecule is Cc1nn(-c2ccccn2)c2nc3ccccc3c(S(=O)C(C)C)c12. The molecule has 1 unspecified atom stereocenters. The van der Waals surface area contributed by atoms with Crippen molar-refractivity contribution >= 4 is 32.7 Å². The average molecular weight is 350 g/mol. The molecule has 0 spiro atoms. The van der Waals surface area contributed by atoms with Gasteiger partial charge in [-0.3, -0.25) is 4.21 Å². The van der Waals surface area contributed by atoms with E-state index in [9.17, 15) is 4.21 Å². The van der Waals surface area contributed by atoms with Gasteiger partial charge in [-0.1, -0.05) is 38.1 Å². The lowest BCUT2D eigenvalue weighted by Gasteiger charge is -2.11. The maximum Gasteiger partial charge on any atom is 0.166 e. The third-order valence-electron chi connectivity index (χ3n) is 4.13. The van der Waals surface area contributed by atoms with Gasteiger partial charge < -0.3 is 0 Å². The van der Waals surface area contributed by atoms with Crippen LogP contribution >= 0.6 is 0 Å². The first-order valence-electron chi connectivity index (χ1n) is 8.18. The normalized spacial score (nSPS) is 13.0. The van der Waals surface area contributed by atoms with Gasteiger partial charge in [-0.15, -0.1) is 0 Å². The maximum absolute atomic E-state index is 13.1. The van der Waals surface area contributed by atoms with Gasteiger partial charge in [-0.2, -0.15) is 9.78 Å². The van der Waals surface area contributed by atoms with E-state index < -0.39 is 10.8 Å². The number of aromatic nitrogens is 4. The summed E-state index contributed by atoms with van der Waals surface area (Å²) < 4.78 is 14.8. The number of hydrogen-bond acceptors (Lipinski definition) is 4. The van der Waals surface area contributed by atoms with Gasteiger partial charge in [0.25, 0.3) is 0 Å². The fourth-order valence-corrected chi connectivity index (χ4v) is 4.28. The Morgan fingerprint density at radius 3 is 2.56 bits per heavy atom. The Labute approximate surface area is 148 Å². The number of para-hydroxylation sites is 1. The summed E-state index contributed by atoms with van der Waals surface area (Å²) in [5.74, 6) is 0.699. The summed E-state index contributed by atoms with van der Waals surface area (Å²) >= 11 is 0. The molecule has 0 aliphatic rings. The lowest BCUT2D eigenvalue weighted by molar-refractivity contribution is 0.678. The zero-order valence-electron chi connectivity index (χ0n) is 14.3. The van der Waals surface area contributed by atoms with Crippen LogP contribution < -0.4 is 0 Å². The molecule has 0 saturated heterocycles. The third kappa shape index (κ3) is 2.53. The Hall–Kier alpha value is -2.60. The van der Waals surface area contributed by atoms with Crippen LogP contribution in [0.2, 0.25) is 0 Å². The number of fused-ring (bicyclic) bond motifs is 2. The molecule has 3 heterocycles. The average Bonchev–Trinajstić information content (AvgIpc) is 2.96. The molecule has 0 aliphatic carbocycles. The highest BCUT2D eigenvalue weighted by molar-refractivity contribution is 7.86. The first-order chi connectivity index (χ1) is 12.1. The monoisotopic (exact) mass is 350 g/mol. The molecule has 5 nitrogen and oxygen atoms in total. The minimum atomic E-state index is -1.15. The van der Waals surface area contributed by atoms with E-state index >= 15 is 0 Å². The number of hydrogen-bond donors (Lipinski definition) is 0. The minimum Gasteiger partial charge on any atom is -0.254 e. The molecule has 25 heavy (non-hydrogen) atoms. The van der Waals surface area contributed by atoms with Crippen molar-refractivity contribution in [1.82, 2.24) is 19.7 Å². The van der Waals surface area contributed by atoms with E-state index in [1.165, 1.54) is 0 Å². The summed E-state index contributed by atoms with van der Waals surface area (Å²) in [6, 6.07) is 13.5. The molecular formula is C19H18N4OS. The van der Waals surface area contributed by atoms with Gasteiger partial charge in [0.2, 0.25) is 0 Å². The van der Waals surface area contributed by atoms with Crippen molar-refractivity contribution in [2.24, 2.45) is 0 Å². The molecule has 4 rings (SSSR count). The molecule has 0 bridgehead atoms. The minimum absolute atomic E-state index is 0.00612. The molecule has 0 fully saturated rings. The standard InChI is InChI=1S/C19H18N4OS/c1-12(2)25(24)18-14-8-4-5-9-15(14)21-19-17(18)13(3)22-23(19)16-10-6-7-11-20-16/h4-12H,1-3H3. The van der Waals surface area contributed by atoms with Crippen molar-refractivity contribution < 1.29 is 4.21 Å². The summed E-state index contributed by atoms with van der Waals surface area (Å²) in [6.45, 7) is 5.87. The maximum atomic E-state index is 13.1. The molecule has 0 amide bonds. The van der Waals surface area contributed by atoms with Crippen molar-refractivity contribution in [2.75, 3.05) is 0 Å². The van der Waals surface area contributed by atoms with Gasteiger partial charge in [0.15, 0.2) is 11.5 Å². The summed E-state index contributed by atoms with van der Waals surface area (Å²) in [5.41, 5.74) is 2.32. The first-order valence-corrected chi connectivity index (χ1v) is 9.39. The predicted octanol–water partition coefficient (Wildman–Crippen LogP) is 3.79. The number of nitrogens with zero attached hydrogens (tertiary/aromatic N) is 4. The van der Waals surface area contributed by atoms with Gasteiger partial charge in [0, 0.05) is 16.8 Å². The van der Waals surface area contributed by atoms with Crippen LogP contribution in [-0.4, -0.2) is 29.2 Å². The van der Waals surface area contributed by atoms with E-state index in [4.69, 9.17) is 4.98 Å². The fraction of sp³-hybridized carbons (Fsp3) is 0.211. The van der Waals surface area contributed by atoms with Crippen molar-refractivity contribution in [3.63, 3.8) is 0 Å². The molecule has 3 aromatic heterocycles. The highest BCUT2D eigenvalue weighted by atomic mass is 32.2. The molecule has 4 aromatic rings. The topological polar surface area (TPSA) is 60.7 Å². The Bertz CT molecular complexity index is 1100. The number of benzene rings is 1. The van der Waals surface area contributed by atoms with E-state index in [1.54, 1.807) is 10.9 Å². The van der Waals surface area contributed by atoms with E-state index in [1.807, 2.05) is 63.2 Å². The zero-order chi connectivity index (χ0) is 17.6. The Balaban J connectivity index is 2.17. The smallest absolute Gasteiger partial charge is 0.166 e. The van der Waals surface area contributed by atoms with Crippen molar-refractivity contribution in [3.05, 3.63) is 54.4 Å². The second-order valence-corrected chi connectivity index (χ2v) is 8.13. The van der Waals surface area contributed by atoms with Gasteiger partial charge in [0.05, 0.1) is 32.3 Å². The van der Waals surface area contributed by atoms with Crippen LogP contribution in [-0.2, 0) is 10.8 Å². The number of aryl methyl sites for hydroxylation is 1. The van der Waals surface area contributed by atoms with E-state index in [0.717, 1.165) is 26.9 Å². The van der Waals surface area contributed by atoms with Crippen LogP contribution in [0.4, 0.5) is 0 Å². The van der Waals surface area contributed by atoms with Crippen LogP contribution in [0.5, 0.6) is 0 Å². The summed E-state index contributed by atoms with van der Waals surface area (Å²) in [5, 5.41) is 6.43. The molecule has 0 saturated carbocycles. The van der Waals surface area contributed by atoms with E-state index in [-0.39, 0.29) is 5.25 Å². The first kappa shape index (κ1) is 15.9. The van der Waals surface area contributed by atoms with E-state index in [2.05, 4.69) is 10.1 Å². The highest BCUT2D eigenvalue weighted by Crippen LogP contribution is 2.33. The van der Waals surface area contributed by atoms with Crippen LogP contribution in [0.15, 0.2) is 53.6 Å². The van der Waals surface area contributed by atoms with Crippen molar-refractivity contribution in [3.8, 4) is 5.82 Å². The lowest BCUT2D eigenvalue weighted by Crippen LogP contribution is -2.08. The lowest BCUT2D eigenvalue weighted by atomic mass is 10.1. The van der Waals surface area contributed by atoms with Gasteiger partial charge in [-0.05, 0) is 25.1 Å². The van der Waals surface area contributed by atoms with Gasteiger partial charge in [0.1, 0.15) is 0 Å². The molecule has 1 atom stereocenters. The Morgan fingerprint density at radius 2 is 1.84 bits per heavy atom. The quantitative estimate of drug-likeness (QED) is 0.564. The second kappa shape index (κ2) is 6.04. The Kier molecular flexibility index (Phi) is 3.84. The van der Waals surface area contributed by atoms with Crippen LogP contribution in [0.3, 0.4) is 0 Å². The third-order valence-corrected chi connectivity index (χ3v) is 5.82. The highest BCUT2D eigenvalue weighted by Gasteiger charge is 2.23. The number of pyridine rings is 2. The summed E-state index contributed by atoms with van der Waals surface area (Å²) in [6.07, 6.45) is 1.73. The summed E-state index contributed by atoms with van der Waals surface area (Å²) in [4.78, 5) is 10.0. The van der Waals surface area contributed by atoms with Gasteiger partial charge >= 0.3 is 0 Å². The van der Waals surface area contributed by atoms with Crippen LogP contribution in [0.25, 0.3) is 27.8 Å². The fourth-order valence-electron chi connectivity index (χ4n) is 2.98. The largest absolute Gasteiger partial charge is 0.254 e. The summed E-state index contributed by atoms with van der Waals surface area (Å²) in [7, 11) is -1.15. The van der Waals surface area contributed by atoms with Crippen molar-refractivity contribution in [2.45, 2.75) is 30.9 Å². The predicted molar refractivity (Wildman–Crippen MR) is 100 cm³/mol. The van der Waals surface area contributed by atoms with E-state index in [0.29, 0.717) is 11.5 Å². The molecule has 0 N–H and O–H groups in total. The van der Waals surface area contributed by atoms with Crippen LogP contribution in [0, 0.1) is 6.92 Å². The van der Waals surface area contributed by atoms with Gasteiger partial charge in [-0.25, -0.2) is 9.97 Å². The molecule has 0 radical (unpaired) electrons. The Morgan fingerprint density at radius 1 is 1.08 bits per heavy atom. The molecule has 6 heteroatoms. The molecule has 0 aliphatic heterocycles. The zero-order valence-corrected chi connectivity index (χ0v) is 15.1. The van der Waals surface area contributed by atoms with Crippen molar-refractivity contribution in [1.29, 1.82) is 0 Å². The number of rotatable bonds is 3. The second-order valence-electron chi connectivity index (χ2n) is 6.19. The molecular weight excluding hydrogens is 332 g/mol. The van der Waals surface area contributed by atoms with Crippen LogP contribution in [0.1, 0.15) is 19.5 Å². The molecule has 1 aromatic carbocycles. The molecule has 126 valence electrons.